The van der Waals surface area contributed by atoms with Crippen molar-refractivity contribution in [1.82, 2.24) is 0 Å². The van der Waals surface area contributed by atoms with E-state index in [1.54, 1.807) is 0 Å². The molecular formula is H5AlCoNiO3. The Balaban J connectivity index is -0.00000000667. The number of hydrogen-bond acceptors (Lipinski definition) is 3. The molecule has 45 valence electrons. The van der Waals surface area contributed by atoms with Gasteiger partial charge in [0.1, 0.15) is 0 Å². The molecule has 0 aromatic rings. The van der Waals surface area contributed by atoms with Crippen molar-refractivity contribution in [3.63, 3.8) is 0 Å². The van der Waals surface area contributed by atoms with E-state index in [0.717, 1.165) is 0 Å². The summed E-state index contributed by atoms with van der Waals surface area (Å²) in [5, 5.41) is 15.5. The van der Waals surface area contributed by atoms with Crippen LogP contribution in [-0.4, -0.2) is 27.9 Å². The topological polar surface area (TPSA) is 49.7 Å². The minimum absolute atomic E-state index is 0. The predicted molar refractivity (Wildman–Crippen MR) is 16.3 cm³/mol. The van der Waals surface area contributed by atoms with Gasteiger partial charge in [-0.2, -0.15) is 0 Å². The van der Waals surface area contributed by atoms with Crippen molar-refractivity contribution >= 4 is 17.4 Å². The second-order valence-corrected chi connectivity index (χ2v) is 0.0816. The van der Waals surface area contributed by atoms with Crippen LogP contribution < -0.4 is 0 Å². The molecule has 0 saturated heterocycles. The van der Waals surface area contributed by atoms with Gasteiger partial charge in [-0.1, -0.05) is 5.04 Å². The number of hydrogen-bond donors (Lipinski definition) is 2. The van der Waals surface area contributed by atoms with E-state index in [4.69, 9.17) is 10.5 Å². The first kappa shape index (κ1) is 26.2. The summed E-state index contributed by atoms with van der Waals surface area (Å²) in [6.45, 7) is 0. The molecule has 1 radical (unpaired) electrons. The molecule has 3 nitrogen and oxygen atoms in total. The molecule has 0 unspecified atom stereocenters. The summed E-state index contributed by atoms with van der Waals surface area (Å²) >= 11 is 0. The van der Waals surface area contributed by atoms with Gasteiger partial charge in [-0.25, -0.2) is 10.5 Å². The van der Waals surface area contributed by atoms with Crippen LogP contribution in [0.3, 0.4) is 0 Å². The minimum Gasteiger partial charge on any atom is -0.221 e. The first-order chi connectivity index (χ1) is 1.41. The fourth-order valence-corrected chi connectivity index (χ4v) is 0. The van der Waals surface area contributed by atoms with Gasteiger partial charge in [0.05, 0.1) is 0 Å². The van der Waals surface area contributed by atoms with Gasteiger partial charge in [0, 0.05) is 33.3 Å². The van der Waals surface area contributed by atoms with Gasteiger partial charge < -0.3 is 0 Å². The molecule has 0 bridgehead atoms. The third kappa shape index (κ3) is 52.8. The standard InChI is InChI=1S/Al.Co.Ni.H2O3.3H/c;;;1-3-2;;;/h;;;1-2H;;;. The molecule has 6 heavy (non-hydrogen) atoms. The largest absolute Gasteiger partial charge is 0.221 e. The second kappa shape index (κ2) is 32.3. The van der Waals surface area contributed by atoms with Crippen molar-refractivity contribution in [3.05, 3.63) is 0 Å². The van der Waals surface area contributed by atoms with Crippen LogP contribution in [-0.2, 0) is 38.3 Å². The average Bonchev–Trinajstić information content (AvgIpc) is 0.918. The van der Waals surface area contributed by atoms with Crippen LogP contribution in [0.5, 0.6) is 0 Å². The summed E-state index contributed by atoms with van der Waals surface area (Å²) in [5.74, 6) is 0. The Morgan fingerprint density at radius 2 is 1.17 bits per heavy atom. The molecule has 0 aliphatic heterocycles. The maximum atomic E-state index is 6.62. The summed E-state index contributed by atoms with van der Waals surface area (Å²) < 4.78 is 0. The summed E-state index contributed by atoms with van der Waals surface area (Å²) in [6.07, 6.45) is 0. The van der Waals surface area contributed by atoms with E-state index in [9.17, 15) is 0 Å². The first-order valence-electron chi connectivity index (χ1n) is 0.365. The Hall–Kier alpha value is 1.41. The van der Waals surface area contributed by atoms with E-state index in [-0.39, 0.29) is 50.6 Å². The maximum Gasteiger partial charge on any atom is 0.187 e. The summed E-state index contributed by atoms with van der Waals surface area (Å²) in [5.41, 5.74) is 0. The quantitative estimate of drug-likeness (QED) is 0.290. The van der Waals surface area contributed by atoms with Gasteiger partial charge >= 0.3 is 0 Å². The Kier molecular flexibility index (Phi) is 141. The van der Waals surface area contributed by atoms with Crippen LogP contribution in [0.4, 0.5) is 0 Å². The maximum absolute atomic E-state index is 6.62. The van der Waals surface area contributed by atoms with Crippen LogP contribution in [0.25, 0.3) is 0 Å². The van der Waals surface area contributed by atoms with E-state index < -0.39 is 0 Å². The van der Waals surface area contributed by atoms with Gasteiger partial charge in [-0.15, -0.1) is 0 Å². The number of rotatable bonds is 0. The SMILES string of the molecule is OOO.[AlH3].[Co].[Ni]. The summed E-state index contributed by atoms with van der Waals surface area (Å²) in [4.78, 5) is 0. The molecule has 2 N–H and O–H groups in total. The van der Waals surface area contributed by atoms with Crippen LogP contribution in [0.1, 0.15) is 0 Å². The molecule has 0 aromatic carbocycles. The fourth-order valence-electron chi connectivity index (χ4n) is 0. The van der Waals surface area contributed by atoms with Crippen molar-refractivity contribution in [2.45, 2.75) is 0 Å². The zero-order valence-electron chi connectivity index (χ0n) is 1.95. The van der Waals surface area contributed by atoms with Gasteiger partial charge in [0.25, 0.3) is 0 Å². The van der Waals surface area contributed by atoms with E-state index in [2.05, 4.69) is 5.04 Å². The van der Waals surface area contributed by atoms with Crippen LogP contribution in [0.2, 0.25) is 0 Å². The van der Waals surface area contributed by atoms with Crippen molar-refractivity contribution < 1.29 is 48.8 Å². The molecule has 0 saturated carbocycles. The monoisotopic (exact) mass is 197 g/mol. The molecule has 0 spiro atoms. The van der Waals surface area contributed by atoms with Gasteiger partial charge in [-0.3, -0.25) is 0 Å². The fraction of sp³-hybridized carbons (Fsp3) is 0. The molecule has 0 aliphatic carbocycles. The Morgan fingerprint density at radius 1 is 1.17 bits per heavy atom. The average molecular weight is 198 g/mol. The molecule has 0 rings (SSSR count). The van der Waals surface area contributed by atoms with Gasteiger partial charge in [0.2, 0.25) is 0 Å². The Bertz CT molecular complexity index is 10.8. The van der Waals surface area contributed by atoms with Gasteiger partial charge in [0.15, 0.2) is 17.4 Å². The molecule has 0 aromatic heterocycles. The van der Waals surface area contributed by atoms with E-state index in [1.165, 1.54) is 0 Å². The zero-order valence-corrected chi connectivity index (χ0v) is 3.98. The van der Waals surface area contributed by atoms with Crippen molar-refractivity contribution in [2.75, 3.05) is 0 Å². The predicted octanol–water partition coefficient (Wildman–Crippen LogP) is -1.24. The molecule has 0 amide bonds. The molecule has 0 fully saturated rings. The van der Waals surface area contributed by atoms with E-state index in [0.29, 0.717) is 0 Å². The Morgan fingerprint density at radius 3 is 1.17 bits per heavy atom. The minimum atomic E-state index is 0. The van der Waals surface area contributed by atoms with Crippen molar-refractivity contribution in [1.29, 1.82) is 0 Å². The van der Waals surface area contributed by atoms with Crippen LogP contribution in [0, 0.1) is 0 Å². The smallest absolute Gasteiger partial charge is 0.187 e. The molecular weight excluding hydrogens is 193 g/mol. The normalized spacial score (nSPS) is 3.00. The summed E-state index contributed by atoms with van der Waals surface area (Å²) in [6, 6.07) is 0. The van der Waals surface area contributed by atoms with Crippen molar-refractivity contribution in [3.8, 4) is 0 Å². The van der Waals surface area contributed by atoms with E-state index >= 15 is 0 Å². The third-order valence-electron chi connectivity index (χ3n) is 0. The van der Waals surface area contributed by atoms with Crippen molar-refractivity contribution in [2.24, 2.45) is 0 Å². The van der Waals surface area contributed by atoms with Crippen LogP contribution in [0.15, 0.2) is 0 Å². The molecule has 0 aliphatic rings. The van der Waals surface area contributed by atoms with E-state index in [1.807, 2.05) is 0 Å². The Labute approximate surface area is 66.2 Å². The molecule has 6 heteroatoms. The van der Waals surface area contributed by atoms with Gasteiger partial charge in [-0.05, 0) is 0 Å². The third-order valence-corrected chi connectivity index (χ3v) is 0. The molecule has 0 heterocycles. The second-order valence-electron chi connectivity index (χ2n) is 0.0816. The molecule has 0 atom stereocenters. The summed E-state index contributed by atoms with van der Waals surface area (Å²) in [7, 11) is 0. The zero-order chi connectivity index (χ0) is 2.71. The van der Waals surface area contributed by atoms with Crippen LogP contribution >= 0.6 is 0 Å². The first-order valence-corrected chi connectivity index (χ1v) is 0.365.